The van der Waals surface area contributed by atoms with Gasteiger partial charge in [0, 0.05) is 30.3 Å². The highest BCUT2D eigenvalue weighted by Crippen LogP contribution is 2.25. The van der Waals surface area contributed by atoms with Crippen LogP contribution in [0.4, 0.5) is 5.69 Å². The van der Waals surface area contributed by atoms with Gasteiger partial charge in [0.05, 0.1) is 25.4 Å². The number of aromatic nitrogens is 2. The summed E-state index contributed by atoms with van der Waals surface area (Å²) in [6.07, 6.45) is 3.87. The number of aryl methyl sites for hydroxylation is 2. The quantitative estimate of drug-likeness (QED) is 0.501. The fourth-order valence-corrected chi connectivity index (χ4v) is 4.06. The van der Waals surface area contributed by atoms with Gasteiger partial charge in [-0.15, -0.1) is 0 Å². The lowest BCUT2D eigenvalue weighted by molar-refractivity contribution is -0.116. The van der Waals surface area contributed by atoms with Crippen molar-refractivity contribution in [1.82, 2.24) is 9.55 Å². The summed E-state index contributed by atoms with van der Waals surface area (Å²) in [6, 6.07) is 15.8. The summed E-state index contributed by atoms with van der Waals surface area (Å²) in [5, 5.41) is 9.75. The van der Waals surface area contributed by atoms with Gasteiger partial charge in [-0.25, -0.2) is 4.98 Å². The number of nitrogens with zero attached hydrogens (tertiary/aromatic N) is 4. The minimum atomic E-state index is -0.0514. The van der Waals surface area contributed by atoms with Gasteiger partial charge in [-0.2, -0.15) is 5.26 Å². The molecule has 0 N–H and O–H groups in total. The van der Waals surface area contributed by atoms with Crippen LogP contribution in [0.5, 0.6) is 5.75 Å². The predicted octanol–water partition coefficient (Wildman–Crippen LogP) is 4.54. The summed E-state index contributed by atoms with van der Waals surface area (Å²) in [5.74, 6) is 0.959. The zero-order valence-electron chi connectivity index (χ0n) is 17.3. The molecule has 3 aromatic rings. The average molecular weight is 421 g/mol. The molecule has 0 saturated carbocycles. The lowest BCUT2D eigenvalue weighted by atomic mass is 10.1. The third-order valence-electron chi connectivity index (χ3n) is 4.55. The molecule has 6 nitrogen and oxygen atoms in total. The van der Waals surface area contributed by atoms with Crippen LogP contribution < -0.4 is 9.64 Å². The van der Waals surface area contributed by atoms with Gasteiger partial charge in [-0.3, -0.25) is 9.36 Å². The first-order chi connectivity index (χ1) is 14.5. The molecule has 3 rings (SSSR count). The van der Waals surface area contributed by atoms with E-state index in [0.717, 1.165) is 33.4 Å². The summed E-state index contributed by atoms with van der Waals surface area (Å²) in [6.45, 7) is 4.37. The van der Waals surface area contributed by atoms with Crippen LogP contribution in [-0.2, 0) is 4.79 Å². The van der Waals surface area contributed by atoms with E-state index in [1.807, 2.05) is 61.0 Å². The third kappa shape index (κ3) is 5.22. The standard InChI is InChI=1S/C23H24N4O2S/c1-17-13-18(2)15-20(14-17)26(11-4-9-24)22(28)16-30-23-25-10-12-27(23)19-5-7-21(29-3)8-6-19/h5-8,10,12-15H,4,11,16H2,1-3H3. The van der Waals surface area contributed by atoms with E-state index in [1.165, 1.54) is 11.8 Å². The molecular formula is C23H24N4O2S. The van der Waals surface area contributed by atoms with Crippen molar-refractivity contribution in [3.63, 3.8) is 0 Å². The number of thioether (sulfide) groups is 1. The fourth-order valence-electron chi connectivity index (χ4n) is 3.21. The van der Waals surface area contributed by atoms with Gasteiger partial charge in [0.25, 0.3) is 0 Å². The highest BCUT2D eigenvalue weighted by molar-refractivity contribution is 7.99. The number of carbonyl (C=O) groups excluding carboxylic acids is 1. The molecule has 1 heterocycles. The maximum atomic E-state index is 13.0. The number of anilines is 1. The van der Waals surface area contributed by atoms with Crippen molar-refractivity contribution < 1.29 is 9.53 Å². The van der Waals surface area contributed by atoms with Crippen LogP contribution in [-0.4, -0.2) is 34.9 Å². The van der Waals surface area contributed by atoms with Crippen molar-refractivity contribution in [2.24, 2.45) is 0 Å². The highest BCUT2D eigenvalue weighted by Gasteiger charge is 2.18. The van der Waals surface area contributed by atoms with Gasteiger partial charge in [-0.1, -0.05) is 17.8 Å². The van der Waals surface area contributed by atoms with Crippen molar-refractivity contribution in [2.75, 3.05) is 24.3 Å². The van der Waals surface area contributed by atoms with Gasteiger partial charge < -0.3 is 9.64 Å². The monoisotopic (exact) mass is 420 g/mol. The van der Waals surface area contributed by atoms with Gasteiger partial charge >= 0.3 is 0 Å². The number of methoxy groups -OCH3 is 1. The molecule has 0 aliphatic heterocycles. The minimum absolute atomic E-state index is 0.0514. The summed E-state index contributed by atoms with van der Waals surface area (Å²) in [5.41, 5.74) is 3.94. The molecule has 0 fully saturated rings. The Kier molecular flexibility index (Phi) is 7.15. The van der Waals surface area contributed by atoms with E-state index in [4.69, 9.17) is 10.00 Å². The molecule has 0 saturated heterocycles. The van der Waals surface area contributed by atoms with Crippen LogP contribution in [0.2, 0.25) is 0 Å². The molecule has 30 heavy (non-hydrogen) atoms. The van der Waals surface area contributed by atoms with Crippen LogP contribution in [0.15, 0.2) is 60.0 Å². The van der Waals surface area contributed by atoms with E-state index >= 15 is 0 Å². The Morgan fingerprint density at radius 1 is 1.20 bits per heavy atom. The summed E-state index contributed by atoms with van der Waals surface area (Å²) >= 11 is 1.38. The number of amides is 1. The fraction of sp³-hybridized carbons (Fsp3) is 0.261. The molecule has 0 spiro atoms. The smallest absolute Gasteiger partial charge is 0.237 e. The first-order valence-corrected chi connectivity index (χ1v) is 10.6. The molecule has 0 unspecified atom stereocenters. The maximum absolute atomic E-state index is 13.0. The number of benzene rings is 2. The maximum Gasteiger partial charge on any atom is 0.237 e. The zero-order chi connectivity index (χ0) is 21.5. The predicted molar refractivity (Wildman–Crippen MR) is 119 cm³/mol. The van der Waals surface area contributed by atoms with E-state index < -0.39 is 0 Å². The van der Waals surface area contributed by atoms with E-state index in [9.17, 15) is 4.79 Å². The number of carbonyl (C=O) groups is 1. The van der Waals surface area contributed by atoms with Crippen LogP contribution in [0.3, 0.4) is 0 Å². The van der Waals surface area contributed by atoms with E-state index in [-0.39, 0.29) is 18.1 Å². The number of nitriles is 1. The van der Waals surface area contributed by atoms with Crippen molar-refractivity contribution in [3.8, 4) is 17.5 Å². The van der Waals surface area contributed by atoms with Gasteiger partial charge in [0.15, 0.2) is 5.16 Å². The number of hydrogen-bond donors (Lipinski definition) is 0. The molecule has 1 amide bonds. The molecule has 0 bridgehead atoms. The van der Waals surface area contributed by atoms with Crippen LogP contribution >= 0.6 is 11.8 Å². The first-order valence-electron chi connectivity index (χ1n) is 9.58. The first kappa shape index (κ1) is 21.5. The highest BCUT2D eigenvalue weighted by atomic mass is 32.2. The van der Waals surface area contributed by atoms with E-state index in [1.54, 1.807) is 18.2 Å². The number of imidazole rings is 1. The van der Waals surface area contributed by atoms with Crippen LogP contribution in [0.1, 0.15) is 17.5 Å². The summed E-state index contributed by atoms with van der Waals surface area (Å²) in [4.78, 5) is 19.1. The lowest BCUT2D eigenvalue weighted by Crippen LogP contribution is -2.33. The van der Waals surface area contributed by atoms with Crippen molar-refractivity contribution in [3.05, 3.63) is 66.0 Å². The summed E-state index contributed by atoms with van der Waals surface area (Å²) < 4.78 is 7.15. The summed E-state index contributed by atoms with van der Waals surface area (Å²) in [7, 11) is 1.63. The molecule has 0 aliphatic carbocycles. The largest absolute Gasteiger partial charge is 0.497 e. The SMILES string of the molecule is COc1ccc(-n2ccnc2SCC(=O)N(CCC#N)c2cc(C)cc(C)c2)cc1. The molecule has 154 valence electrons. The lowest BCUT2D eigenvalue weighted by Gasteiger charge is -2.22. The van der Waals surface area contributed by atoms with Crippen LogP contribution in [0.25, 0.3) is 5.69 Å². The van der Waals surface area contributed by atoms with Crippen LogP contribution in [0, 0.1) is 25.2 Å². The zero-order valence-corrected chi connectivity index (χ0v) is 18.1. The number of ether oxygens (including phenoxy) is 1. The molecule has 0 atom stereocenters. The Balaban J connectivity index is 1.76. The number of hydrogen-bond acceptors (Lipinski definition) is 5. The average Bonchev–Trinajstić information content (AvgIpc) is 3.20. The third-order valence-corrected chi connectivity index (χ3v) is 5.50. The Hall–Kier alpha value is -3.24. The number of rotatable bonds is 8. The van der Waals surface area contributed by atoms with Crippen molar-refractivity contribution >= 4 is 23.4 Å². The minimum Gasteiger partial charge on any atom is -0.497 e. The normalized spacial score (nSPS) is 10.5. The van der Waals surface area contributed by atoms with Gasteiger partial charge in [0.1, 0.15) is 5.75 Å². The molecule has 2 aromatic carbocycles. The van der Waals surface area contributed by atoms with E-state index in [0.29, 0.717) is 6.54 Å². The molecule has 0 radical (unpaired) electrons. The van der Waals surface area contributed by atoms with E-state index in [2.05, 4.69) is 17.1 Å². The molecular weight excluding hydrogens is 396 g/mol. The second-order valence-corrected chi connectivity index (χ2v) is 7.81. The van der Waals surface area contributed by atoms with Crippen molar-refractivity contribution in [2.45, 2.75) is 25.4 Å². The molecule has 0 aliphatic rings. The Bertz CT molecular complexity index is 1030. The Morgan fingerprint density at radius 2 is 1.90 bits per heavy atom. The van der Waals surface area contributed by atoms with Gasteiger partial charge in [0.2, 0.25) is 5.91 Å². The topological polar surface area (TPSA) is 71.2 Å². The Labute approximate surface area is 181 Å². The Morgan fingerprint density at radius 3 is 2.53 bits per heavy atom. The molecule has 7 heteroatoms. The second kappa shape index (κ2) is 9.99. The second-order valence-electron chi connectivity index (χ2n) is 6.87. The van der Waals surface area contributed by atoms with Gasteiger partial charge in [-0.05, 0) is 61.4 Å². The van der Waals surface area contributed by atoms with Crippen molar-refractivity contribution in [1.29, 1.82) is 5.26 Å². The molecule has 1 aromatic heterocycles.